The van der Waals surface area contributed by atoms with Gasteiger partial charge in [0.15, 0.2) is 18.1 Å². The van der Waals surface area contributed by atoms with Gasteiger partial charge in [0.1, 0.15) is 6.04 Å². The molecule has 0 fully saturated rings. The number of amides is 1. The van der Waals surface area contributed by atoms with Crippen LogP contribution in [0.4, 0.5) is 0 Å². The first-order valence-electron chi connectivity index (χ1n) is 8.54. The summed E-state index contributed by atoms with van der Waals surface area (Å²) in [5.74, 6) is -0.908. The van der Waals surface area contributed by atoms with Crippen molar-refractivity contribution in [3.63, 3.8) is 0 Å². The van der Waals surface area contributed by atoms with E-state index in [1.165, 1.54) is 19.2 Å². The van der Waals surface area contributed by atoms with Crippen molar-refractivity contribution in [1.82, 2.24) is 5.32 Å². The smallest absolute Gasteiger partial charge is 0.338 e. The zero-order valence-corrected chi connectivity index (χ0v) is 15.2. The lowest BCUT2D eigenvalue weighted by Gasteiger charge is -2.16. The van der Waals surface area contributed by atoms with Gasteiger partial charge in [-0.3, -0.25) is 4.79 Å². The van der Waals surface area contributed by atoms with Crippen molar-refractivity contribution < 1.29 is 33.3 Å². The van der Waals surface area contributed by atoms with E-state index in [0.717, 1.165) is 5.56 Å². The van der Waals surface area contributed by atoms with E-state index in [4.69, 9.17) is 18.9 Å². The zero-order valence-electron chi connectivity index (χ0n) is 15.2. The molecule has 2 aromatic carbocycles. The van der Waals surface area contributed by atoms with Crippen LogP contribution in [-0.2, 0) is 25.5 Å². The highest BCUT2D eigenvalue weighted by molar-refractivity contribution is 5.92. The minimum Gasteiger partial charge on any atom is -0.467 e. The summed E-state index contributed by atoms with van der Waals surface area (Å²) in [5.41, 5.74) is 1.08. The fraction of sp³-hybridized carbons (Fsp3) is 0.250. The Hall–Kier alpha value is -3.55. The molecule has 1 aliphatic heterocycles. The molecule has 28 heavy (non-hydrogen) atoms. The third-order valence-electron chi connectivity index (χ3n) is 4.05. The molecule has 146 valence electrons. The molecule has 0 saturated carbocycles. The molecule has 0 spiro atoms. The molecule has 1 N–H and O–H groups in total. The number of carbonyl (C=O) groups excluding carboxylic acids is 3. The molecule has 1 aliphatic rings. The average molecular weight is 385 g/mol. The summed E-state index contributed by atoms with van der Waals surface area (Å²) in [7, 11) is 1.24. The van der Waals surface area contributed by atoms with E-state index in [-0.39, 0.29) is 18.8 Å². The van der Waals surface area contributed by atoms with Crippen molar-refractivity contribution >= 4 is 17.8 Å². The predicted molar refractivity (Wildman–Crippen MR) is 96.9 cm³/mol. The van der Waals surface area contributed by atoms with E-state index in [2.05, 4.69) is 5.32 Å². The molecule has 1 atom stereocenters. The van der Waals surface area contributed by atoms with E-state index in [0.29, 0.717) is 11.5 Å². The van der Waals surface area contributed by atoms with Gasteiger partial charge in [-0.2, -0.15) is 0 Å². The summed E-state index contributed by atoms with van der Waals surface area (Å²) >= 11 is 0. The van der Waals surface area contributed by atoms with Crippen molar-refractivity contribution in [2.45, 2.75) is 12.5 Å². The monoisotopic (exact) mass is 385 g/mol. The second kappa shape index (κ2) is 8.90. The van der Waals surface area contributed by atoms with Gasteiger partial charge in [-0.25, -0.2) is 9.59 Å². The van der Waals surface area contributed by atoms with E-state index in [9.17, 15) is 14.4 Å². The number of rotatable bonds is 7. The summed E-state index contributed by atoms with van der Waals surface area (Å²) in [6.45, 7) is -0.442. The fourth-order valence-electron chi connectivity index (χ4n) is 2.66. The number of hydrogen-bond acceptors (Lipinski definition) is 7. The summed E-state index contributed by atoms with van der Waals surface area (Å²) < 4.78 is 20.1. The zero-order chi connectivity index (χ0) is 19.9. The first kappa shape index (κ1) is 19.2. The Morgan fingerprint density at radius 3 is 2.57 bits per heavy atom. The number of carbonyl (C=O) groups is 3. The van der Waals surface area contributed by atoms with Crippen molar-refractivity contribution in [3.8, 4) is 11.5 Å². The van der Waals surface area contributed by atoms with E-state index in [1.807, 2.05) is 30.3 Å². The van der Waals surface area contributed by atoms with Crippen molar-refractivity contribution in [1.29, 1.82) is 0 Å². The van der Waals surface area contributed by atoms with Crippen LogP contribution in [0.2, 0.25) is 0 Å². The quantitative estimate of drug-likeness (QED) is 0.721. The third-order valence-corrected chi connectivity index (χ3v) is 4.05. The highest BCUT2D eigenvalue weighted by Gasteiger charge is 2.23. The molecule has 1 amide bonds. The number of benzene rings is 2. The topological polar surface area (TPSA) is 100 Å². The molecule has 0 bridgehead atoms. The molecule has 0 aromatic heterocycles. The van der Waals surface area contributed by atoms with Gasteiger partial charge in [-0.15, -0.1) is 0 Å². The number of fused-ring (bicyclic) bond motifs is 1. The van der Waals surface area contributed by atoms with Crippen LogP contribution in [0.15, 0.2) is 48.5 Å². The first-order chi connectivity index (χ1) is 13.6. The van der Waals surface area contributed by atoms with Gasteiger partial charge in [0, 0.05) is 6.42 Å². The molecule has 8 nitrogen and oxygen atoms in total. The Bertz CT molecular complexity index is 866. The Kier molecular flexibility index (Phi) is 6.11. The second-order valence-electron chi connectivity index (χ2n) is 5.98. The van der Waals surface area contributed by atoms with Crippen LogP contribution in [0.3, 0.4) is 0 Å². The minimum atomic E-state index is -0.885. The van der Waals surface area contributed by atoms with Gasteiger partial charge < -0.3 is 24.3 Å². The average Bonchev–Trinajstić information content (AvgIpc) is 3.19. The summed E-state index contributed by atoms with van der Waals surface area (Å²) in [4.78, 5) is 36.2. The van der Waals surface area contributed by atoms with Gasteiger partial charge in [-0.05, 0) is 23.8 Å². The lowest BCUT2D eigenvalue weighted by molar-refractivity contribution is -0.145. The SMILES string of the molecule is COC(=O)[C@@H](Cc1ccccc1)NC(=O)COC(=O)c1ccc2c(c1)OCO2. The molecule has 0 saturated heterocycles. The maximum Gasteiger partial charge on any atom is 0.338 e. The molecular formula is C20H19NO7. The van der Waals surface area contributed by atoms with Crippen LogP contribution in [0.1, 0.15) is 15.9 Å². The van der Waals surface area contributed by atoms with Crippen LogP contribution < -0.4 is 14.8 Å². The Labute approximate surface area is 161 Å². The van der Waals surface area contributed by atoms with Crippen molar-refractivity contribution in [3.05, 3.63) is 59.7 Å². The number of hydrogen-bond donors (Lipinski definition) is 1. The molecule has 0 aliphatic carbocycles. The maximum atomic E-state index is 12.1. The lowest BCUT2D eigenvalue weighted by atomic mass is 10.1. The first-order valence-corrected chi connectivity index (χ1v) is 8.54. The van der Waals surface area contributed by atoms with Gasteiger partial charge in [0.2, 0.25) is 6.79 Å². The van der Waals surface area contributed by atoms with Crippen LogP contribution in [-0.4, -0.2) is 44.4 Å². The number of esters is 2. The van der Waals surface area contributed by atoms with E-state index in [1.54, 1.807) is 6.07 Å². The maximum absolute atomic E-state index is 12.1. The number of nitrogens with one attached hydrogen (secondary N) is 1. The molecular weight excluding hydrogens is 366 g/mol. The molecule has 3 rings (SSSR count). The third kappa shape index (κ3) is 4.79. The van der Waals surface area contributed by atoms with Gasteiger partial charge in [-0.1, -0.05) is 30.3 Å². The lowest BCUT2D eigenvalue weighted by Crippen LogP contribution is -2.44. The van der Waals surface area contributed by atoms with Crippen LogP contribution in [0.5, 0.6) is 11.5 Å². The Morgan fingerprint density at radius 2 is 1.82 bits per heavy atom. The van der Waals surface area contributed by atoms with Gasteiger partial charge in [0.05, 0.1) is 12.7 Å². The molecule has 2 aromatic rings. The summed E-state index contributed by atoms with van der Waals surface area (Å²) in [6.07, 6.45) is 0.259. The highest BCUT2D eigenvalue weighted by Crippen LogP contribution is 2.32. The van der Waals surface area contributed by atoms with Crippen molar-refractivity contribution in [2.75, 3.05) is 20.5 Å². The standard InChI is InChI=1S/C20H19NO7/c1-25-20(24)15(9-13-5-3-2-4-6-13)21-18(22)11-26-19(23)14-7-8-16-17(10-14)28-12-27-16/h2-8,10,15H,9,11-12H2,1H3,(H,21,22)/t15-/m1/s1. The number of ether oxygens (including phenoxy) is 4. The molecule has 1 heterocycles. The van der Waals surface area contributed by atoms with E-state index >= 15 is 0 Å². The van der Waals surface area contributed by atoms with Gasteiger partial charge in [0.25, 0.3) is 5.91 Å². The number of methoxy groups -OCH3 is 1. The Balaban J connectivity index is 1.55. The largest absolute Gasteiger partial charge is 0.467 e. The predicted octanol–water partition coefficient (Wildman–Crippen LogP) is 1.47. The summed E-state index contributed by atoms with van der Waals surface area (Å²) in [5, 5.41) is 2.53. The fourth-order valence-corrected chi connectivity index (χ4v) is 2.66. The molecule has 8 heteroatoms. The van der Waals surface area contributed by atoms with Gasteiger partial charge >= 0.3 is 11.9 Å². The Morgan fingerprint density at radius 1 is 1.07 bits per heavy atom. The van der Waals surface area contributed by atoms with Crippen molar-refractivity contribution in [2.24, 2.45) is 0 Å². The highest BCUT2D eigenvalue weighted by atomic mass is 16.7. The van der Waals surface area contributed by atoms with E-state index < -0.39 is 30.5 Å². The van der Waals surface area contributed by atoms with Crippen LogP contribution >= 0.6 is 0 Å². The van der Waals surface area contributed by atoms with Crippen LogP contribution in [0.25, 0.3) is 0 Å². The second-order valence-corrected chi connectivity index (χ2v) is 5.98. The molecule has 0 radical (unpaired) electrons. The molecule has 0 unspecified atom stereocenters. The normalized spacial score (nSPS) is 12.8. The van der Waals surface area contributed by atoms with Crippen LogP contribution in [0, 0.1) is 0 Å². The minimum absolute atomic E-state index is 0.0899. The summed E-state index contributed by atoms with van der Waals surface area (Å²) in [6, 6.07) is 12.9.